The van der Waals surface area contributed by atoms with Gasteiger partial charge in [-0.15, -0.1) is 0 Å². The van der Waals surface area contributed by atoms with Gasteiger partial charge in [-0.1, -0.05) is 82.9 Å². The van der Waals surface area contributed by atoms with Gasteiger partial charge in [-0.2, -0.15) is 0 Å². The van der Waals surface area contributed by atoms with Crippen molar-refractivity contribution in [3.8, 4) is 45.2 Å². The van der Waals surface area contributed by atoms with Gasteiger partial charge in [0.2, 0.25) is 0 Å². The van der Waals surface area contributed by atoms with Crippen molar-refractivity contribution in [3.05, 3.63) is 109 Å². The molecule has 0 spiro atoms. The van der Waals surface area contributed by atoms with E-state index in [0.29, 0.717) is 11.4 Å². The first kappa shape index (κ1) is 28.6. The van der Waals surface area contributed by atoms with Crippen LogP contribution in [0.5, 0.6) is 5.75 Å². The maximum Gasteiger partial charge on any atom is 0.149 e. The zero-order valence-corrected chi connectivity index (χ0v) is 27.0. The summed E-state index contributed by atoms with van der Waals surface area (Å²) < 4.78 is 2.12. The fourth-order valence-electron chi connectivity index (χ4n) is 5.46. The molecule has 43 heavy (non-hydrogen) atoms. The van der Waals surface area contributed by atoms with E-state index in [1.54, 1.807) is 0 Å². The molecular formula is C37H38N4OSi. The number of rotatable bonds is 5. The highest BCUT2D eigenvalue weighted by Crippen LogP contribution is 2.39. The largest absolute Gasteiger partial charge is 0.506 e. The molecule has 6 aromatic rings. The lowest BCUT2D eigenvalue weighted by molar-refractivity contribution is 0.474. The standard InChI is InChI=1S/C37H38N4OSi/c1-24-18-31(34(42)23-38-24)36-40-35-30(14-11-15-33(35)41(36)28-12-9-8-10-13-28)25-19-26(21-27(20-25)37(2,3)4)32-17-16-29(22-39-32)43(5,6)7/h8-23,42H,1-7H3. The molecule has 0 saturated carbocycles. The summed E-state index contributed by atoms with van der Waals surface area (Å²) in [5.41, 5.74) is 9.62. The first-order valence-electron chi connectivity index (χ1n) is 14.8. The van der Waals surface area contributed by atoms with Gasteiger partial charge in [-0.25, -0.2) is 4.98 Å². The van der Waals surface area contributed by atoms with Crippen LogP contribution < -0.4 is 5.19 Å². The highest BCUT2D eigenvalue weighted by molar-refractivity contribution is 6.88. The third-order valence-corrected chi connectivity index (χ3v) is 10.0. The molecule has 0 aliphatic heterocycles. The highest BCUT2D eigenvalue weighted by atomic mass is 28.3. The average molecular weight is 583 g/mol. The van der Waals surface area contributed by atoms with Crippen molar-refractivity contribution in [2.45, 2.75) is 52.8 Å². The van der Waals surface area contributed by atoms with E-state index >= 15 is 0 Å². The number of imidazole rings is 1. The monoisotopic (exact) mass is 582 g/mol. The van der Waals surface area contributed by atoms with Gasteiger partial charge in [0, 0.05) is 28.7 Å². The lowest BCUT2D eigenvalue weighted by Crippen LogP contribution is -2.37. The number of nitrogens with zero attached hydrogens (tertiary/aromatic N) is 4. The molecular weight excluding hydrogens is 545 g/mol. The minimum Gasteiger partial charge on any atom is -0.506 e. The second-order valence-electron chi connectivity index (χ2n) is 13.4. The molecule has 0 amide bonds. The fourth-order valence-corrected chi connectivity index (χ4v) is 6.49. The first-order chi connectivity index (χ1) is 20.4. The number of aryl methyl sites for hydroxylation is 1. The molecule has 1 N–H and O–H groups in total. The van der Waals surface area contributed by atoms with Crippen LogP contribution in [0.15, 0.2) is 97.3 Å². The van der Waals surface area contributed by atoms with Crippen molar-refractivity contribution in [1.82, 2.24) is 19.5 Å². The minimum absolute atomic E-state index is 0.0637. The van der Waals surface area contributed by atoms with Crippen molar-refractivity contribution < 1.29 is 5.11 Å². The molecule has 0 aliphatic rings. The molecule has 0 fully saturated rings. The van der Waals surface area contributed by atoms with Crippen LogP contribution in [0.1, 0.15) is 32.0 Å². The highest BCUT2D eigenvalue weighted by Gasteiger charge is 2.23. The summed E-state index contributed by atoms with van der Waals surface area (Å²) in [6.07, 6.45) is 3.56. The molecule has 3 aromatic heterocycles. The van der Waals surface area contributed by atoms with Crippen LogP contribution in [0.2, 0.25) is 19.6 Å². The zero-order chi connectivity index (χ0) is 30.5. The van der Waals surface area contributed by atoms with E-state index in [-0.39, 0.29) is 11.2 Å². The Morgan fingerprint density at radius 3 is 2.16 bits per heavy atom. The lowest BCUT2D eigenvalue weighted by Gasteiger charge is -2.22. The van der Waals surface area contributed by atoms with Gasteiger partial charge in [-0.3, -0.25) is 14.5 Å². The van der Waals surface area contributed by atoms with E-state index in [2.05, 4.69) is 117 Å². The van der Waals surface area contributed by atoms with Gasteiger partial charge >= 0.3 is 0 Å². The Morgan fingerprint density at radius 1 is 0.744 bits per heavy atom. The van der Waals surface area contributed by atoms with Crippen LogP contribution >= 0.6 is 0 Å². The number of aromatic nitrogens is 4. The average Bonchev–Trinajstić information content (AvgIpc) is 3.37. The number of hydrogen-bond acceptors (Lipinski definition) is 4. The van der Waals surface area contributed by atoms with E-state index in [1.165, 1.54) is 16.9 Å². The molecule has 6 heteroatoms. The van der Waals surface area contributed by atoms with E-state index < -0.39 is 8.07 Å². The molecule has 0 saturated heterocycles. The normalized spacial score (nSPS) is 12.2. The summed E-state index contributed by atoms with van der Waals surface area (Å²) in [7, 11) is -1.45. The van der Waals surface area contributed by atoms with Crippen molar-refractivity contribution in [2.75, 3.05) is 0 Å². The predicted molar refractivity (Wildman–Crippen MR) is 181 cm³/mol. The van der Waals surface area contributed by atoms with Crippen LogP contribution in [-0.4, -0.2) is 32.7 Å². The number of hydrogen-bond donors (Lipinski definition) is 1. The van der Waals surface area contributed by atoms with E-state index in [0.717, 1.165) is 44.8 Å². The molecule has 3 aromatic carbocycles. The Kier molecular flexibility index (Phi) is 7.05. The van der Waals surface area contributed by atoms with Gasteiger partial charge in [-0.05, 0) is 71.1 Å². The van der Waals surface area contributed by atoms with Crippen LogP contribution in [0.4, 0.5) is 0 Å². The second kappa shape index (κ2) is 10.6. The zero-order valence-electron chi connectivity index (χ0n) is 26.0. The number of aromatic hydroxyl groups is 1. The van der Waals surface area contributed by atoms with Gasteiger partial charge < -0.3 is 5.11 Å². The smallest absolute Gasteiger partial charge is 0.149 e. The van der Waals surface area contributed by atoms with E-state index in [4.69, 9.17) is 9.97 Å². The number of para-hydroxylation sites is 2. The summed E-state index contributed by atoms with van der Waals surface area (Å²) in [6, 6.07) is 29.6. The molecule has 0 atom stereocenters. The molecule has 216 valence electrons. The number of fused-ring (bicyclic) bond motifs is 1. The van der Waals surface area contributed by atoms with Crippen molar-refractivity contribution >= 4 is 24.3 Å². The topological polar surface area (TPSA) is 63.8 Å². The van der Waals surface area contributed by atoms with Gasteiger partial charge in [0.25, 0.3) is 0 Å². The molecule has 0 aliphatic carbocycles. The Morgan fingerprint density at radius 2 is 1.49 bits per heavy atom. The SMILES string of the molecule is Cc1cc(-c2nc3c(-c4cc(-c5ccc([Si](C)(C)C)cn5)cc(C(C)(C)C)c4)cccc3n2-c2ccccc2)c(O)cn1. The summed E-state index contributed by atoms with van der Waals surface area (Å²) in [6.45, 7) is 15.7. The van der Waals surface area contributed by atoms with Gasteiger partial charge in [0.1, 0.15) is 11.6 Å². The second-order valence-corrected chi connectivity index (χ2v) is 18.4. The number of pyridine rings is 2. The maximum absolute atomic E-state index is 10.9. The molecule has 0 bridgehead atoms. The number of benzene rings is 3. The lowest BCUT2D eigenvalue weighted by atomic mass is 9.83. The van der Waals surface area contributed by atoms with Gasteiger partial charge in [0.05, 0.1) is 36.6 Å². The molecule has 6 rings (SSSR count). The molecule has 3 heterocycles. The molecule has 5 nitrogen and oxygen atoms in total. The van der Waals surface area contributed by atoms with Crippen LogP contribution in [-0.2, 0) is 5.41 Å². The molecule has 0 radical (unpaired) electrons. The summed E-state index contributed by atoms with van der Waals surface area (Å²) in [5, 5.41) is 12.3. The van der Waals surface area contributed by atoms with E-state index in [9.17, 15) is 5.11 Å². The Hall–Kier alpha value is -4.55. The minimum atomic E-state index is -1.45. The predicted octanol–water partition coefficient (Wildman–Crippen LogP) is 8.67. The van der Waals surface area contributed by atoms with Crippen LogP contribution in [0.25, 0.3) is 50.5 Å². The summed E-state index contributed by atoms with van der Waals surface area (Å²) in [4.78, 5) is 14.5. The fraction of sp³-hybridized carbons (Fsp3) is 0.216. The van der Waals surface area contributed by atoms with Crippen molar-refractivity contribution in [3.63, 3.8) is 0 Å². The maximum atomic E-state index is 10.9. The van der Waals surface area contributed by atoms with Gasteiger partial charge in [0.15, 0.2) is 0 Å². The Bertz CT molecular complexity index is 1950. The van der Waals surface area contributed by atoms with Crippen LogP contribution in [0.3, 0.4) is 0 Å². The first-order valence-corrected chi connectivity index (χ1v) is 18.3. The quantitative estimate of drug-likeness (QED) is 0.207. The third kappa shape index (κ3) is 5.51. The van der Waals surface area contributed by atoms with E-state index in [1.807, 2.05) is 31.2 Å². The van der Waals surface area contributed by atoms with Crippen molar-refractivity contribution in [2.24, 2.45) is 0 Å². The Balaban J connectivity index is 1.61. The van der Waals surface area contributed by atoms with Crippen molar-refractivity contribution in [1.29, 1.82) is 0 Å². The summed E-state index contributed by atoms with van der Waals surface area (Å²) >= 11 is 0. The van der Waals surface area contributed by atoms with Crippen LogP contribution in [0, 0.1) is 6.92 Å². The Labute approximate surface area is 255 Å². The molecule has 0 unspecified atom stereocenters. The summed E-state index contributed by atoms with van der Waals surface area (Å²) in [5.74, 6) is 0.775. The third-order valence-electron chi connectivity index (χ3n) is 8.00.